The Kier molecular flexibility index (Phi) is 6.20. The zero-order chi connectivity index (χ0) is 20.1. The fourth-order valence-corrected chi connectivity index (χ4v) is 3.52. The minimum Gasteiger partial charge on any atom is -0.366 e. The molecule has 146 valence electrons. The highest BCUT2D eigenvalue weighted by atomic mass is 32.1. The van der Waals surface area contributed by atoms with Gasteiger partial charge in [0, 0.05) is 30.4 Å². The lowest BCUT2D eigenvalue weighted by atomic mass is 10.1. The van der Waals surface area contributed by atoms with Gasteiger partial charge in [0.2, 0.25) is 0 Å². The molecule has 0 atom stereocenters. The summed E-state index contributed by atoms with van der Waals surface area (Å²) in [4.78, 5) is 25.6. The van der Waals surface area contributed by atoms with Gasteiger partial charge in [0.05, 0.1) is 4.92 Å². The van der Waals surface area contributed by atoms with E-state index in [2.05, 4.69) is 10.6 Å². The van der Waals surface area contributed by atoms with Gasteiger partial charge in [-0.3, -0.25) is 20.2 Å². The van der Waals surface area contributed by atoms with Gasteiger partial charge in [-0.25, -0.2) is 0 Å². The largest absolute Gasteiger partial charge is 0.366 e. The summed E-state index contributed by atoms with van der Waals surface area (Å²) in [5.41, 5.74) is 2.58. The molecular formula is C20H22N4O3S. The number of nitrogens with zero attached hydrogens (tertiary/aromatic N) is 2. The van der Waals surface area contributed by atoms with E-state index in [0.29, 0.717) is 5.69 Å². The van der Waals surface area contributed by atoms with Crippen LogP contribution in [0.3, 0.4) is 0 Å². The number of carbonyl (C=O) groups excluding carboxylic acids is 1. The van der Waals surface area contributed by atoms with Crippen molar-refractivity contribution in [2.24, 2.45) is 0 Å². The quantitative estimate of drug-likeness (QED) is 0.451. The van der Waals surface area contributed by atoms with Crippen molar-refractivity contribution in [3.05, 3.63) is 63.7 Å². The molecule has 1 aliphatic rings. The third kappa shape index (κ3) is 4.45. The number of anilines is 2. The first-order chi connectivity index (χ1) is 13.5. The lowest BCUT2D eigenvalue weighted by molar-refractivity contribution is -0.384. The van der Waals surface area contributed by atoms with E-state index in [4.69, 9.17) is 12.2 Å². The summed E-state index contributed by atoms with van der Waals surface area (Å²) in [6, 6.07) is 12.2. The van der Waals surface area contributed by atoms with Crippen LogP contribution in [0.15, 0.2) is 42.5 Å². The zero-order valence-corrected chi connectivity index (χ0v) is 16.4. The number of nitro groups is 1. The molecule has 3 rings (SSSR count). The molecule has 2 N–H and O–H groups in total. The van der Waals surface area contributed by atoms with Crippen LogP contribution in [0.5, 0.6) is 0 Å². The highest BCUT2D eigenvalue weighted by molar-refractivity contribution is 7.80. The summed E-state index contributed by atoms with van der Waals surface area (Å²) in [6.45, 7) is 3.61. The molecule has 2 aromatic rings. The van der Waals surface area contributed by atoms with Crippen molar-refractivity contribution in [1.82, 2.24) is 5.32 Å². The van der Waals surface area contributed by atoms with Crippen LogP contribution in [0.4, 0.5) is 17.1 Å². The van der Waals surface area contributed by atoms with E-state index in [0.717, 1.165) is 43.6 Å². The molecule has 0 bridgehead atoms. The van der Waals surface area contributed by atoms with Gasteiger partial charge in [0.15, 0.2) is 5.11 Å². The molecule has 0 radical (unpaired) electrons. The highest BCUT2D eigenvalue weighted by Gasteiger charge is 2.24. The molecule has 0 unspecified atom stereocenters. The van der Waals surface area contributed by atoms with Crippen molar-refractivity contribution in [3.63, 3.8) is 0 Å². The van der Waals surface area contributed by atoms with E-state index in [-0.39, 0.29) is 16.4 Å². The Morgan fingerprint density at radius 1 is 1.21 bits per heavy atom. The van der Waals surface area contributed by atoms with Crippen LogP contribution in [0.25, 0.3) is 0 Å². The molecule has 0 aromatic heterocycles. The summed E-state index contributed by atoms with van der Waals surface area (Å²) < 4.78 is 0. The number of carbonyl (C=O) groups is 1. The van der Waals surface area contributed by atoms with Gasteiger partial charge in [-0.15, -0.1) is 0 Å². The third-order valence-corrected chi connectivity index (χ3v) is 4.96. The number of benzene rings is 2. The first-order valence-corrected chi connectivity index (χ1v) is 9.64. The molecule has 1 fully saturated rings. The summed E-state index contributed by atoms with van der Waals surface area (Å²) >= 11 is 5.23. The van der Waals surface area contributed by atoms with Crippen LogP contribution in [0.1, 0.15) is 35.7 Å². The normalized spacial score (nSPS) is 13.2. The Hall–Kier alpha value is -3.00. The summed E-state index contributed by atoms with van der Waals surface area (Å²) in [5, 5.41) is 17.3. The molecule has 1 saturated heterocycles. The fourth-order valence-electron chi connectivity index (χ4n) is 3.32. The maximum absolute atomic E-state index is 12.5. The number of amides is 1. The number of rotatable bonds is 5. The maximum atomic E-state index is 12.5. The Morgan fingerprint density at radius 3 is 2.61 bits per heavy atom. The molecule has 1 aliphatic heterocycles. The predicted molar refractivity (Wildman–Crippen MR) is 114 cm³/mol. The molecule has 1 heterocycles. The minimum atomic E-state index is -0.484. The van der Waals surface area contributed by atoms with Crippen LogP contribution >= 0.6 is 12.2 Å². The average molecular weight is 398 g/mol. The molecule has 28 heavy (non-hydrogen) atoms. The summed E-state index contributed by atoms with van der Waals surface area (Å²) in [5.74, 6) is -0.484. The van der Waals surface area contributed by atoms with Gasteiger partial charge in [-0.2, -0.15) is 0 Å². The smallest absolute Gasteiger partial charge is 0.293 e. The highest BCUT2D eigenvalue weighted by Crippen LogP contribution is 2.31. The number of para-hydroxylation sites is 1. The van der Waals surface area contributed by atoms with Crippen LogP contribution in [-0.4, -0.2) is 29.0 Å². The van der Waals surface area contributed by atoms with Gasteiger partial charge in [-0.05, 0) is 55.2 Å². The average Bonchev–Trinajstić information content (AvgIpc) is 3.22. The second-order valence-electron chi connectivity index (χ2n) is 6.57. The fraction of sp³-hybridized carbons (Fsp3) is 0.300. The molecule has 1 amide bonds. The first-order valence-electron chi connectivity index (χ1n) is 9.23. The van der Waals surface area contributed by atoms with E-state index >= 15 is 0 Å². The molecular weight excluding hydrogens is 376 g/mol. The van der Waals surface area contributed by atoms with Gasteiger partial charge < -0.3 is 10.2 Å². The van der Waals surface area contributed by atoms with Gasteiger partial charge in [0.1, 0.15) is 5.69 Å². The number of nitro benzene ring substituents is 1. The van der Waals surface area contributed by atoms with E-state index in [9.17, 15) is 14.9 Å². The molecule has 7 nitrogen and oxygen atoms in total. The summed E-state index contributed by atoms with van der Waals surface area (Å²) in [6.07, 6.45) is 2.85. The second-order valence-corrected chi connectivity index (χ2v) is 6.98. The van der Waals surface area contributed by atoms with Crippen molar-refractivity contribution in [1.29, 1.82) is 0 Å². The lowest BCUT2D eigenvalue weighted by Crippen LogP contribution is -2.34. The lowest BCUT2D eigenvalue weighted by Gasteiger charge is -2.18. The predicted octanol–water partition coefficient (Wildman–Crippen LogP) is 3.88. The standard InChI is InChI=1S/C20H22N4O3S/c1-2-14-7-3-4-8-16(14)21-20(28)22-19(25)15-9-10-17(18(13-15)24(26)27)23-11-5-6-12-23/h3-4,7-10,13H,2,5-6,11-12H2,1H3,(H2,21,22,25,28). The van der Waals surface area contributed by atoms with Crippen molar-refractivity contribution in [2.45, 2.75) is 26.2 Å². The van der Waals surface area contributed by atoms with E-state index < -0.39 is 10.8 Å². The number of hydrogen-bond acceptors (Lipinski definition) is 5. The number of nitrogens with one attached hydrogen (secondary N) is 2. The third-order valence-electron chi connectivity index (χ3n) is 4.75. The molecule has 0 spiro atoms. The Bertz CT molecular complexity index is 910. The molecule has 8 heteroatoms. The van der Waals surface area contributed by atoms with Crippen LogP contribution in [0.2, 0.25) is 0 Å². The van der Waals surface area contributed by atoms with E-state index in [1.165, 1.54) is 6.07 Å². The molecule has 0 saturated carbocycles. The van der Waals surface area contributed by atoms with E-state index in [1.807, 2.05) is 36.1 Å². The molecule has 0 aliphatic carbocycles. The number of aryl methyl sites for hydroxylation is 1. The van der Waals surface area contributed by atoms with Crippen molar-refractivity contribution in [3.8, 4) is 0 Å². The Balaban J connectivity index is 1.74. The second kappa shape index (κ2) is 8.79. The first kappa shape index (κ1) is 19.8. The summed E-state index contributed by atoms with van der Waals surface area (Å²) in [7, 11) is 0. The zero-order valence-electron chi connectivity index (χ0n) is 15.6. The van der Waals surface area contributed by atoms with Crippen LogP contribution in [-0.2, 0) is 6.42 Å². The maximum Gasteiger partial charge on any atom is 0.293 e. The number of hydrogen-bond donors (Lipinski definition) is 2. The monoisotopic (exact) mass is 398 g/mol. The number of thiocarbonyl (C=S) groups is 1. The van der Waals surface area contributed by atoms with Crippen molar-refractivity contribution in [2.75, 3.05) is 23.3 Å². The van der Waals surface area contributed by atoms with Crippen molar-refractivity contribution < 1.29 is 9.72 Å². The SMILES string of the molecule is CCc1ccccc1NC(=S)NC(=O)c1ccc(N2CCCC2)c([N+](=O)[O-])c1. The Morgan fingerprint density at radius 2 is 1.93 bits per heavy atom. The minimum absolute atomic E-state index is 0.0650. The van der Waals surface area contributed by atoms with Gasteiger partial charge in [0.25, 0.3) is 11.6 Å². The topological polar surface area (TPSA) is 87.5 Å². The van der Waals surface area contributed by atoms with Crippen molar-refractivity contribution >= 4 is 40.3 Å². The molecule has 2 aromatic carbocycles. The van der Waals surface area contributed by atoms with Gasteiger partial charge >= 0.3 is 0 Å². The Labute approximate surface area is 168 Å². The van der Waals surface area contributed by atoms with Crippen LogP contribution < -0.4 is 15.5 Å². The van der Waals surface area contributed by atoms with E-state index in [1.54, 1.807) is 12.1 Å². The van der Waals surface area contributed by atoms with Crippen LogP contribution in [0, 0.1) is 10.1 Å². The van der Waals surface area contributed by atoms with Gasteiger partial charge in [-0.1, -0.05) is 25.1 Å².